The zero-order chi connectivity index (χ0) is 29.9. The lowest BCUT2D eigenvalue weighted by molar-refractivity contribution is 0.307. The molecule has 0 aliphatic rings. The van der Waals surface area contributed by atoms with E-state index in [4.69, 9.17) is 11.2 Å². The van der Waals surface area contributed by atoms with Crippen LogP contribution in [0.5, 0.6) is 5.75 Å². The number of ether oxygens (including phenoxy) is 1. The largest absolute Gasteiger partial charge is 0.493 e. The Bertz CT molecular complexity index is 1080. The predicted octanol–water partition coefficient (Wildman–Crippen LogP) is 11.7. The molecule has 2 atom stereocenters. The Morgan fingerprint density at radius 1 is 0.975 bits per heavy atom. The summed E-state index contributed by atoms with van der Waals surface area (Å²) in [5.74, 6) is 4.36. The molecule has 2 rings (SSSR count). The molecule has 40 heavy (non-hydrogen) atoms. The number of unbranched alkanes of at least 4 members (excludes halogenated alkanes) is 6. The number of terminal acetylenes is 1. The summed E-state index contributed by atoms with van der Waals surface area (Å²) in [4.78, 5) is 0. The lowest BCUT2D eigenvalue weighted by atomic mass is 9.87. The number of allylic oxidation sites excluding steroid dienone is 2. The van der Waals surface area contributed by atoms with Crippen LogP contribution in [0, 0.1) is 25.2 Å². The van der Waals surface area contributed by atoms with E-state index in [-0.39, 0.29) is 5.92 Å². The Kier molecular flexibility index (Phi) is 17.6. The molecule has 2 aromatic carbocycles. The first-order valence-electron chi connectivity index (χ1n) is 15.7. The van der Waals surface area contributed by atoms with Crippen LogP contribution in [0.15, 0.2) is 54.6 Å². The van der Waals surface area contributed by atoms with Crippen molar-refractivity contribution >= 4 is 11.4 Å². The summed E-state index contributed by atoms with van der Waals surface area (Å²) in [7, 11) is 0. The smallest absolute Gasteiger partial charge is 0.122 e. The number of benzene rings is 2. The first kappa shape index (κ1) is 35.1. The fourth-order valence-electron chi connectivity index (χ4n) is 4.50. The highest BCUT2D eigenvalue weighted by Gasteiger charge is 2.19. The van der Waals surface area contributed by atoms with Gasteiger partial charge in [-0.3, -0.25) is 0 Å². The van der Waals surface area contributed by atoms with Gasteiger partial charge in [-0.05, 0) is 85.6 Å². The molecule has 220 valence electrons. The van der Waals surface area contributed by atoms with Crippen LogP contribution < -0.4 is 10.1 Å². The second kappa shape index (κ2) is 20.0. The minimum atomic E-state index is 0.235. The molecule has 2 nitrogen and oxygen atoms in total. The van der Waals surface area contributed by atoms with E-state index in [2.05, 4.69) is 91.4 Å². The van der Waals surface area contributed by atoms with Crippen molar-refractivity contribution in [3.63, 3.8) is 0 Å². The van der Waals surface area contributed by atoms with Crippen molar-refractivity contribution in [3.8, 4) is 18.1 Å². The van der Waals surface area contributed by atoms with E-state index in [0.29, 0.717) is 5.92 Å². The molecule has 0 aliphatic carbocycles. The maximum absolute atomic E-state index is 6.15. The fourth-order valence-corrected chi connectivity index (χ4v) is 4.50. The van der Waals surface area contributed by atoms with Crippen LogP contribution in [0.1, 0.15) is 134 Å². The van der Waals surface area contributed by atoms with E-state index in [1.54, 1.807) is 0 Å². The molecule has 0 radical (unpaired) electrons. The first-order valence-corrected chi connectivity index (χ1v) is 15.7. The number of aryl methyl sites for hydroxylation is 1. The van der Waals surface area contributed by atoms with Gasteiger partial charge in [-0.2, -0.15) is 0 Å². The Labute approximate surface area is 247 Å². The second-order valence-corrected chi connectivity index (χ2v) is 11.1. The molecule has 1 N–H and O–H groups in total. The van der Waals surface area contributed by atoms with Gasteiger partial charge >= 0.3 is 0 Å². The second-order valence-electron chi connectivity index (χ2n) is 11.1. The molecule has 0 saturated heterocycles. The highest BCUT2D eigenvalue weighted by Crippen LogP contribution is 2.37. The van der Waals surface area contributed by atoms with E-state index in [9.17, 15) is 0 Å². The van der Waals surface area contributed by atoms with E-state index >= 15 is 0 Å². The highest BCUT2D eigenvalue weighted by atomic mass is 16.5. The summed E-state index contributed by atoms with van der Waals surface area (Å²) < 4.78 is 6.15. The Morgan fingerprint density at radius 3 is 2.17 bits per heavy atom. The average Bonchev–Trinajstić information content (AvgIpc) is 2.98. The first-order chi connectivity index (χ1) is 19.3. The van der Waals surface area contributed by atoms with Crippen molar-refractivity contribution in [2.24, 2.45) is 5.92 Å². The molecule has 2 aromatic rings. The summed E-state index contributed by atoms with van der Waals surface area (Å²) in [5, 5.41) is 3.70. The van der Waals surface area contributed by atoms with Gasteiger partial charge in [0.1, 0.15) is 5.75 Å². The summed E-state index contributed by atoms with van der Waals surface area (Å²) in [6.07, 6.45) is 19.4. The summed E-state index contributed by atoms with van der Waals surface area (Å²) in [6, 6.07) is 12.5. The molecule has 2 heteroatoms. The third kappa shape index (κ3) is 11.7. The van der Waals surface area contributed by atoms with Gasteiger partial charge in [0, 0.05) is 22.5 Å². The standard InChI is InChI=1S/C30H39NO.C8H18/c1-9-13-17-32-29-20-27(22(6)11-3)28(18-23(29)7)30(24(8)21(5)10-2)31-26-16-14-15-25(12-4)19-26;1-3-5-7-8-6-4-2/h4,10,14-16,18-22,31H,2,9,11,13,17H2,1,3,5-8H3;3-8H2,1-2H3. The van der Waals surface area contributed by atoms with Gasteiger partial charge in [-0.15, -0.1) is 13.0 Å². The van der Waals surface area contributed by atoms with Gasteiger partial charge in [0.2, 0.25) is 0 Å². The molecule has 0 aliphatic heterocycles. The highest BCUT2D eigenvalue weighted by molar-refractivity contribution is 5.82. The van der Waals surface area contributed by atoms with E-state index in [0.717, 1.165) is 54.1 Å². The minimum absolute atomic E-state index is 0.235. The lowest BCUT2D eigenvalue weighted by Crippen LogP contribution is -2.11. The molecule has 0 amide bonds. The Hall–Kier alpha value is -2.92. The molecule has 0 spiro atoms. The van der Waals surface area contributed by atoms with Crippen molar-refractivity contribution in [2.75, 3.05) is 11.9 Å². The van der Waals surface area contributed by atoms with Crippen molar-refractivity contribution in [1.29, 1.82) is 0 Å². The SMILES string of the molecule is C#Cc1cccc(NC(=C(C)C(C)C=C)c2cc(C)c(OCCCC)cc2C(C)CC)c1.CCCCCCCC. The average molecular weight is 544 g/mol. The number of nitrogens with one attached hydrogen (secondary N) is 1. The third-order valence-electron chi connectivity index (χ3n) is 7.70. The van der Waals surface area contributed by atoms with E-state index in [1.165, 1.54) is 55.2 Å². The monoisotopic (exact) mass is 543 g/mol. The van der Waals surface area contributed by atoms with Crippen molar-refractivity contribution in [2.45, 2.75) is 119 Å². The molecular weight excluding hydrogens is 486 g/mol. The van der Waals surface area contributed by atoms with Crippen LogP contribution >= 0.6 is 0 Å². The van der Waals surface area contributed by atoms with Crippen molar-refractivity contribution < 1.29 is 4.74 Å². The third-order valence-corrected chi connectivity index (χ3v) is 7.70. The Morgan fingerprint density at radius 2 is 1.62 bits per heavy atom. The normalized spacial score (nSPS) is 12.8. The molecular formula is C38H57NO. The number of hydrogen-bond acceptors (Lipinski definition) is 2. The topological polar surface area (TPSA) is 21.3 Å². The Balaban J connectivity index is 0.000000869. The van der Waals surface area contributed by atoms with Crippen LogP contribution in [-0.4, -0.2) is 6.61 Å². The zero-order valence-corrected chi connectivity index (χ0v) is 27.0. The molecule has 2 unspecified atom stereocenters. The van der Waals surface area contributed by atoms with Crippen molar-refractivity contribution in [3.05, 3.63) is 76.9 Å². The van der Waals surface area contributed by atoms with Crippen molar-refractivity contribution in [1.82, 2.24) is 0 Å². The maximum atomic E-state index is 6.15. The summed E-state index contributed by atoms with van der Waals surface area (Å²) >= 11 is 0. The van der Waals surface area contributed by atoms with Crippen LogP contribution in [0.25, 0.3) is 5.70 Å². The van der Waals surface area contributed by atoms with Gasteiger partial charge in [0.25, 0.3) is 0 Å². The minimum Gasteiger partial charge on any atom is -0.493 e. The quantitative estimate of drug-likeness (QED) is 0.129. The summed E-state index contributed by atoms with van der Waals surface area (Å²) in [6.45, 7) is 22.5. The molecule has 0 saturated carbocycles. The molecule has 0 aromatic heterocycles. The van der Waals surface area contributed by atoms with Gasteiger partial charge in [-0.1, -0.05) is 105 Å². The predicted molar refractivity (Wildman–Crippen MR) is 179 cm³/mol. The van der Waals surface area contributed by atoms with Gasteiger partial charge in [-0.25, -0.2) is 0 Å². The maximum Gasteiger partial charge on any atom is 0.122 e. The fraction of sp³-hybridized carbons (Fsp3) is 0.526. The van der Waals surface area contributed by atoms with E-state index < -0.39 is 0 Å². The zero-order valence-electron chi connectivity index (χ0n) is 27.0. The summed E-state index contributed by atoms with van der Waals surface area (Å²) in [5.41, 5.74) is 7.88. The molecule has 0 fully saturated rings. The molecule has 0 bridgehead atoms. The van der Waals surface area contributed by atoms with Gasteiger partial charge in [0.15, 0.2) is 0 Å². The van der Waals surface area contributed by atoms with E-state index in [1.807, 2.05) is 24.3 Å². The molecule has 0 heterocycles. The number of anilines is 1. The van der Waals surface area contributed by atoms with Crippen LogP contribution in [0.3, 0.4) is 0 Å². The van der Waals surface area contributed by atoms with Crippen LogP contribution in [-0.2, 0) is 0 Å². The van der Waals surface area contributed by atoms with Gasteiger partial charge < -0.3 is 10.1 Å². The van der Waals surface area contributed by atoms with Crippen LogP contribution in [0.2, 0.25) is 0 Å². The van der Waals surface area contributed by atoms with Gasteiger partial charge in [0.05, 0.1) is 6.61 Å². The number of rotatable bonds is 16. The lowest BCUT2D eigenvalue weighted by Gasteiger charge is -2.25. The number of hydrogen-bond donors (Lipinski definition) is 1. The van der Waals surface area contributed by atoms with Crippen LogP contribution in [0.4, 0.5) is 5.69 Å².